The van der Waals surface area contributed by atoms with E-state index in [2.05, 4.69) is 10.4 Å². The van der Waals surface area contributed by atoms with Crippen molar-refractivity contribution in [2.45, 2.75) is 51.3 Å². The topological polar surface area (TPSA) is 85.7 Å². The SMILES string of the molecule is Cc1ccc(OCCN(C(=O)Cn2cc(NC(=O)C3CCCO3)cn2)C2CC2)cc1. The van der Waals surface area contributed by atoms with Gasteiger partial charge < -0.3 is 19.7 Å². The van der Waals surface area contributed by atoms with Gasteiger partial charge in [-0.2, -0.15) is 5.10 Å². The van der Waals surface area contributed by atoms with Gasteiger partial charge in [-0.3, -0.25) is 14.3 Å². The summed E-state index contributed by atoms with van der Waals surface area (Å²) in [7, 11) is 0. The maximum Gasteiger partial charge on any atom is 0.253 e. The number of hydrogen-bond donors (Lipinski definition) is 1. The summed E-state index contributed by atoms with van der Waals surface area (Å²) in [5.41, 5.74) is 1.76. The number of rotatable bonds is 9. The molecule has 0 spiro atoms. The maximum absolute atomic E-state index is 12.8. The fourth-order valence-corrected chi connectivity index (χ4v) is 3.54. The molecule has 2 amide bonds. The molecule has 1 aliphatic heterocycles. The Labute approximate surface area is 176 Å². The summed E-state index contributed by atoms with van der Waals surface area (Å²) in [5.74, 6) is 0.652. The number of hydrogen-bond acceptors (Lipinski definition) is 5. The Hall–Kier alpha value is -2.87. The molecule has 8 nitrogen and oxygen atoms in total. The normalized spacial score (nSPS) is 18.2. The highest BCUT2D eigenvalue weighted by Crippen LogP contribution is 2.27. The first-order chi connectivity index (χ1) is 14.6. The molecule has 1 N–H and O–H groups in total. The van der Waals surface area contributed by atoms with Crippen molar-refractivity contribution in [2.24, 2.45) is 0 Å². The molecule has 1 saturated heterocycles. The van der Waals surface area contributed by atoms with E-state index in [1.165, 1.54) is 5.56 Å². The Morgan fingerprint density at radius 2 is 2.07 bits per heavy atom. The predicted molar refractivity (Wildman–Crippen MR) is 111 cm³/mol. The van der Waals surface area contributed by atoms with Crippen molar-refractivity contribution < 1.29 is 19.1 Å². The molecule has 0 radical (unpaired) electrons. The highest BCUT2D eigenvalue weighted by atomic mass is 16.5. The Bertz CT molecular complexity index is 870. The van der Waals surface area contributed by atoms with Crippen LogP contribution in [0.25, 0.3) is 0 Å². The number of ether oxygens (including phenoxy) is 2. The molecule has 4 rings (SSSR count). The van der Waals surface area contributed by atoms with Gasteiger partial charge in [-0.25, -0.2) is 0 Å². The molecular formula is C22H28N4O4. The van der Waals surface area contributed by atoms with Gasteiger partial charge >= 0.3 is 0 Å². The zero-order chi connectivity index (χ0) is 20.9. The minimum atomic E-state index is -0.395. The van der Waals surface area contributed by atoms with Crippen LogP contribution in [0.1, 0.15) is 31.2 Å². The smallest absolute Gasteiger partial charge is 0.253 e. The molecule has 30 heavy (non-hydrogen) atoms. The average molecular weight is 412 g/mol. The molecule has 2 heterocycles. The largest absolute Gasteiger partial charge is 0.492 e. The molecule has 160 valence electrons. The maximum atomic E-state index is 12.8. The van der Waals surface area contributed by atoms with E-state index >= 15 is 0 Å². The molecule has 1 aromatic carbocycles. The van der Waals surface area contributed by atoms with E-state index in [0.29, 0.717) is 25.4 Å². The van der Waals surface area contributed by atoms with E-state index < -0.39 is 6.10 Å². The third-order valence-corrected chi connectivity index (χ3v) is 5.35. The standard InChI is InChI=1S/C22H28N4O4/c1-16-4-8-19(9-5-16)29-12-10-26(18-6-7-18)21(27)15-25-14-17(13-23-25)24-22(28)20-3-2-11-30-20/h4-5,8-9,13-14,18,20H,2-3,6-7,10-12,15H2,1H3,(H,24,28). The van der Waals surface area contributed by atoms with Crippen LogP contribution in [0.5, 0.6) is 5.75 Å². The van der Waals surface area contributed by atoms with Crippen molar-refractivity contribution >= 4 is 17.5 Å². The van der Waals surface area contributed by atoms with Crippen LogP contribution in [-0.2, 0) is 20.9 Å². The number of nitrogens with zero attached hydrogens (tertiary/aromatic N) is 3. The molecule has 8 heteroatoms. The van der Waals surface area contributed by atoms with Gasteiger partial charge in [0, 0.05) is 18.8 Å². The second kappa shape index (κ2) is 9.30. The van der Waals surface area contributed by atoms with E-state index in [0.717, 1.165) is 31.4 Å². The van der Waals surface area contributed by atoms with Crippen molar-refractivity contribution in [3.63, 3.8) is 0 Å². The van der Waals surface area contributed by atoms with Crippen LogP contribution in [0, 0.1) is 6.92 Å². The molecule has 1 unspecified atom stereocenters. The number of aryl methyl sites for hydroxylation is 1. The minimum Gasteiger partial charge on any atom is -0.492 e. The number of amides is 2. The fourth-order valence-electron chi connectivity index (χ4n) is 3.54. The number of aromatic nitrogens is 2. The molecule has 2 aromatic rings. The van der Waals surface area contributed by atoms with Crippen LogP contribution in [0.4, 0.5) is 5.69 Å². The van der Waals surface area contributed by atoms with Gasteiger partial charge in [0.15, 0.2) is 0 Å². The van der Waals surface area contributed by atoms with Gasteiger partial charge in [-0.15, -0.1) is 0 Å². The second-order valence-electron chi connectivity index (χ2n) is 7.90. The Balaban J connectivity index is 1.27. The summed E-state index contributed by atoms with van der Waals surface area (Å²) in [6.07, 6.45) is 6.53. The lowest BCUT2D eigenvalue weighted by Crippen LogP contribution is -2.38. The fraction of sp³-hybridized carbons (Fsp3) is 0.500. The van der Waals surface area contributed by atoms with E-state index in [9.17, 15) is 9.59 Å². The van der Waals surface area contributed by atoms with E-state index in [1.54, 1.807) is 17.1 Å². The van der Waals surface area contributed by atoms with Crippen LogP contribution in [0.2, 0.25) is 0 Å². The lowest BCUT2D eigenvalue weighted by atomic mass is 10.2. The van der Waals surface area contributed by atoms with Gasteiger partial charge in [-0.05, 0) is 44.7 Å². The van der Waals surface area contributed by atoms with Gasteiger partial charge in [0.05, 0.1) is 18.4 Å². The number of anilines is 1. The summed E-state index contributed by atoms with van der Waals surface area (Å²) in [4.78, 5) is 26.8. The van der Waals surface area contributed by atoms with Gasteiger partial charge in [0.1, 0.15) is 25.0 Å². The van der Waals surface area contributed by atoms with Crippen molar-refractivity contribution in [1.82, 2.24) is 14.7 Å². The molecule has 0 bridgehead atoms. The minimum absolute atomic E-state index is 0.00473. The molecule has 1 aliphatic carbocycles. The van der Waals surface area contributed by atoms with E-state index in [-0.39, 0.29) is 24.4 Å². The average Bonchev–Trinajstić information content (AvgIpc) is 3.22. The highest BCUT2D eigenvalue weighted by molar-refractivity contribution is 5.94. The predicted octanol–water partition coefficient (Wildman–Crippen LogP) is 2.38. The molecule has 1 aromatic heterocycles. The highest BCUT2D eigenvalue weighted by Gasteiger charge is 2.32. The first kappa shape index (κ1) is 20.4. The van der Waals surface area contributed by atoms with Gasteiger partial charge in [0.2, 0.25) is 5.91 Å². The van der Waals surface area contributed by atoms with Crippen LogP contribution >= 0.6 is 0 Å². The summed E-state index contributed by atoms with van der Waals surface area (Å²) in [6, 6.07) is 8.18. The van der Waals surface area contributed by atoms with Crippen molar-refractivity contribution in [3.8, 4) is 5.75 Å². The Morgan fingerprint density at radius 3 is 2.77 bits per heavy atom. The van der Waals surface area contributed by atoms with Crippen LogP contribution < -0.4 is 10.1 Å². The van der Waals surface area contributed by atoms with Crippen molar-refractivity contribution in [2.75, 3.05) is 25.1 Å². The van der Waals surface area contributed by atoms with E-state index in [1.807, 2.05) is 36.1 Å². The monoisotopic (exact) mass is 412 g/mol. The zero-order valence-corrected chi connectivity index (χ0v) is 17.3. The molecular weight excluding hydrogens is 384 g/mol. The molecule has 1 atom stereocenters. The van der Waals surface area contributed by atoms with Crippen LogP contribution in [0.15, 0.2) is 36.7 Å². The zero-order valence-electron chi connectivity index (χ0n) is 17.3. The number of benzene rings is 1. The molecule has 1 saturated carbocycles. The number of carbonyl (C=O) groups is 2. The lowest BCUT2D eigenvalue weighted by molar-refractivity contribution is -0.133. The first-order valence-electron chi connectivity index (χ1n) is 10.5. The molecule has 2 aliphatic rings. The van der Waals surface area contributed by atoms with Crippen molar-refractivity contribution in [3.05, 3.63) is 42.2 Å². The number of nitrogens with one attached hydrogen (secondary N) is 1. The van der Waals surface area contributed by atoms with Crippen LogP contribution in [0.3, 0.4) is 0 Å². The lowest BCUT2D eigenvalue weighted by Gasteiger charge is -2.22. The summed E-state index contributed by atoms with van der Waals surface area (Å²) >= 11 is 0. The van der Waals surface area contributed by atoms with Crippen LogP contribution in [-0.4, -0.2) is 58.4 Å². The summed E-state index contributed by atoms with van der Waals surface area (Å²) < 4.78 is 12.7. The quantitative estimate of drug-likeness (QED) is 0.684. The second-order valence-corrected chi connectivity index (χ2v) is 7.90. The molecule has 2 fully saturated rings. The Kier molecular flexibility index (Phi) is 6.32. The number of carbonyl (C=O) groups excluding carboxylic acids is 2. The summed E-state index contributed by atoms with van der Waals surface area (Å²) in [6.45, 7) is 3.79. The third-order valence-electron chi connectivity index (χ3n) is 5.35. The third kappa shape index (κ3) is 5.38. The first-order valence-corrected chi connectivity index (χ1v) is 10.5. The van der Waals surface area contributed by atoms with Gasteiger partial charge in [0.25, 0.3) is 5.91 Å². The summed E-state index contributed by atoms with van der Waals surface area (Å²) in [5, 5.41) is 7.02. The van der Waals surface area contributed by atoms with Gasteiger partial charge in [-0.1, -0.05) is 17.7 Å². The van der Waals surface area contributed by atoms with E-state index in [4.69, 9.17) is 9.47 Å². The van der Waals surface area contributed by atoms with Crippen molar-refractivity contribution in [1.29, 1.82) is 0 Å². The Morgan fingerprint density at radius 1 is 1.27 bits per heavy atom.